The molecule has 0 aromatic heterocycles. The van der Waals surface area contributed by atoms with Crippen LogP contribution in [0.15, 0.2) is 0 Å². The van der Waals surface area contributed by atoms with E-state index in [-0.39, 0.29) is 0 Å². The molecule has 0 bridgehead atoms. The Bertz CT molecular complexity index is 40.8. The Morgan fingerprint density at radius 1 is 1.00 bits per heavy atom. The van der Waals surface area contributed by atoms with Crippen molar-refractivity contribution in [1.29, 1.82) is 5.59 Å². The number of rotatable bonds is 3. The second-order valence-electron chi connectivity index (χ2n) is 1.62. The minimum absolute atomic E-state index is 1.19. The highest BCUT2D eigenvalue weighted by Crippen LogP contribution is 1.81. The molecule has 1 N–H and O–H groups in total. The number of nitrogens with zero attached hydrogens (tertiary/aromatic N) is 1. The van der Waals surface area contributed by atoms with E-state index in [1.165, 1.54) is 19.6 Å². The van der Waals surface area contributed by atoms with Gasteiger partial charge in [0.15, 0.2) is 0 Å². The topological polar surface area (TPSA) is 44.2 Å². The van der Waals surface area contributed by atoms with Crippen LogP contribution >= 0.6 is 0 Å². The van der Waals surface area contributed by atoms with Gasteiger partial charge in [-0.1, -0.05) is 26.4 Å². The molecule has 0 unspecified atom stereocenters. The van der Waals surface area contributed by atoms with Crippen LogP contribution in [0.25, 0.3) is 0 Å². The second-order valence-corrected chi connectivity index (χ2v) is 1.62. The van der Waals surface area contributed by atoms with Crippen molar-refractivity contribution in [3.05, 3.63) is 4.91 Å². The van der Waals surface area contributed by atoms with Crippen molar-refractivity contribution in [2.24, 2.45) is 0 Å². The molecule has 0 heterocycles. The molecule has 3 nitrogen and oxygen atoms in total. The van der Waals surface area contributed by atoms with Gasteiger partial charge in [-0.15, -0.1) is 0 Å². The summed E-state index contributed by atoms with van der Waals surface area (Å²) < 4.78 is 0. The van der Waals surface area contributed by atoms with Crippen LogP contribution in [0.4, 0.5) is 0 Å². The summed E-state index contributed by atoms with van der Waals surface area (Å²) in [4.78, 5) is 9.88. The lowest BCUT2D eigenvalue weighted by atomic mass is 10.5. The molecular weight excluding hydrogens is 116 g/mol. The molecule has 0 spiro atoms. The molecule has 0 saturated heterocycles. The standard InChI is InChI=1S/C6H15N.HNO/c1-4-7(5-2)6-3;1-2/h4-6H2,1-3H3;1H. The smallest absolute Gasteiger partial charge is 0.00474 e. The van der Waals surface area contributed by atoms with E-state index in [0.717, 1.165) is 0 Å². The maximum absolute atomic E-state index is 7.50. The Morgan fingerprint density at radius 3 is 1.22 bits per heavy atom. The van der Waals surface area contributed by atoms with E-state index in [2.05, 4.69) is 31.3 Å². The molecule has 0 aromatic rings. The fourth-order valence-corrected chi connectivity index (χ4v) is 0.671. The van der Waals surface area contributed by atoms with Crippen molar-refractivity contribution in [1.82, 2.24) is 4.90 Å². The molecule has 0 rings (SSSR count). The van der Waals surface area contributed by atoms with Gasteiger partial charge in [0.05, 0.1) is 0 Å². The fraction of sp³-hybridized carbons (Fsp3) is 1.00. The second kappa shape index (κ2) is 10.5. The number of hydrogen-bond donors (Lipinski definition) is 1. The normalized spacial score (nSPS) is 8.44. The molecular formula is C6H16N2O. The van der Waals surface area contributed by atoms with Gasteiger partial charge < -0.3 is 4.90 Å². The van der Waals surface area contributed by atoms with Crippen molar-refractivity contribution in [3.63, 3.8) is 0 Å². The predicted molar refractivity (Wildman–Crippen MR) is 39.5 cm³/mol. The molecule has 0 aliphatic rings. The summed E-state index contributed by atoms with van der Waals surface area (Å²) in [5, 5.41) is 0. The quantitative estimate of drug-likeness (QED) is 0.594. The zero-order chi connectivity index (χ0) is 7.70. The lowest BCUT2D eigenvalue weighted by Crippen LogP contribution is -2.21. The molecule has 0 aliphatic carbocycles. The van der Waals surface area contributed by atoms with Crippen LogP contribution in [0.1, 0.15) is 20.8 Å². The van der Waals surface area contributed by atoms with E-state index in [1.54, 1.807) is 0 Å². The van der Waals surface area contributed by atoms with Gasteiger partial charge in [0.1, 0.15) is 0 Å². The maximum atomic E-state index is 7.50. The molecule has 0 fully saturated rings. The van der Waals surface area contributed by atoms with Gasteiger partial charge in [0, 0.05) is 0 Å². The summed E-state index contributed by atoms with van der Waals surface area (Å²) in [6, 6.07) is 0. The predicted octanol–water partition coefficient (Wildman–Crippen LogP) is 1.68. The zero-order valence-corrected chi connectivity index (χ0v) is 6.48. The number of nitrogens with one attached hydrogen (secondary N) is 1. The largest absolute Gasteiger partial charge is 0.304 e. The molecule has 3 heteroatoms. The van der Waals surface area contributed by atoms with Gasteiger partial charge in [-0.2, -0.15) is 4.91 Å². The van der Waals surface area contributed by atoms with Gasteiger partial charge in [-0.25, -0.2) is 0 Å². The Balaban J connectivity index is 0. The van der Waals surface area contributed by atoms with Crippen LogP contribution in [0, 0.1) is 10.5 Å². The molecule has 0 aromatic carbocycles. The zero-order valence-electron chi connectivity index (χ0n) is 6.48. The lowest BCUT2D eigenvalue weighted by molar-refractivity contribution is 0.321. The third-order valence-electron chi connectivity index (χ3n) is 1.34. The third-order valence-corrected chi connectivity index (χ3v) is 1.34. The van der Waals surface area contributed by atoms with Crippen LogP contribution in [-0.4, -0.2) is 24.5 Å². The molecule has 0 radical (unpaired) electrons. The average Bonchev–Trinajstić information content (AvgIpc) is 1.96. The van der Waals surface area contributed by atoms with Crippen LogP contribution in [-0.2, 0) is 0 Å². The first-order chi connectivity index (χ1) is 4.35. The Morgan fingerprint density at radius 2 is 1.22 bits per heavy atom. The van der Waals surface area contributed by atoms with E-state index in [4.69, 9.17) is 4.91 Å². The third kappa shape index (κ3) is 7.56. The van der Waals surface area contributed by atoms with Crippen LogP contribution in [0.2, 0.25) is 0 Å². The molecule has 0 saturated carbocycles. The monoisotopic (exact) mass is 132 g/mol. The van der Waals surface area contributed by atoms with Crippen molar-refractivity contribution < 1.29 is 0 Å². The van der Waals surface area contributed by atoms with Crippen LogP contribution in [0.5, 0.6) is 0 Å². The highest BCUT2D eigenvalue weighted by molar-refractivity contribution is 4.43. The molecule has 0 atom stereocenters. The van der Waals surface area contributed by atoms with Gasteiger partial charge in [-0.05, 0) is 19.6 Å². The van der Waals surface area contributed by atoms with Crippen molar-refractivity contribution in [3.8, 4) is 0 Å². The van der Waals surface area contributed by atoms with Crippen molar-refractivity contribution in [2.45, 2.75) is 20.8 Å². The number of hydrogen-bond acceptors (Lipinski definition) is 3. The molecule has 56 valence electrons. The summed E-state index contributed by atoms with van der Waals surface area (Å²) in [7, 11) is 0. The lowest BCUT2D eigenvalue weighted by Gasteiger charge is -2.13. The van der Waals surface area contributed by atoms with Crippen LogP contribution < -0.4 is 0 Å². The number of nitroso groups, excluding NO2 is 1. The average molecular weight is 132 g/mol. The van der Waals surface area contributed by atoms with E-state index in [1.807, 2.05) is 0 Å². The van der Waals surface area contributed by atoms with Crippen LogP contribution in [0.3, 0.4) is 0 Å². The van der Waals surface area contributed by atoms with E-state index in [0.29, 0.717) is 0 Å². The summed E-state index contributed by atoms with van der Waals surface area (Å²) >= 11 is 0. The Kier molecular flexibility index (Phi) is 13.3. The first-order valence-corrected chi connectivity index (χ1v) is 3.27. The maximum Gasteiger partial charge on any atom is -0.00474 e. The first-order valence-electron chi connectivity index (χ1n) is 3.27. The highest BCUT2D eigenvalue weighted by Gasteiger charge is 1.89. The van der Waals surface area contributed by atoms with E-state index < -0.39 is 0 Å². The SMILES string of the molecule is CCN(CC)CC.N=O. The summed E-state index contributed by atoms with van der Waals surface area (Å²) in [6.45, 7) is 10.1. The Labute approximate surface area is 56.8 Å². The van der Waals surface area contributed by atoms with E-state index >= 15 is 0 Å². The van der Waals surface area contributed by atoms with Crippen molar-refractivity contribution in [2.75, 3.05) is 19.6 Å². The Hall–Kier alpha value is -0.440. The van der Waals surface area contributed by atoms with Gasteiger partial charge in [-0.3, -0.25) is 0 Å². The van der Waals surface area contributed by atoms with Gasteiger partial charge in [0.25, 0.3) is 0 Å². The fourth-order valence-electron chi connectivity index (χ4n) is 0.671. The first kappa shape index (κ1) is 11.4. The minimum atomic E-state index is 1.19. The summed E-state index contributed by atoms with van der Waals surface area (Å²) in [5.74, 6) is 0. The summed E-state index contributed by atoms with van der Waals surface area (Å²) in [5.41, 5.74) is 4.50. The summed E-state index contributed by atoms with van der Waals surface area (Å²) in [6.07, 6.45) is 0. The molecule has 0 amide bonds. The highest BCUT2D eigenvalue weighted by atomic mass is 16.2. The van der Waals surface area contributed by atoms with Crippen molar-refractivity contribution >= 4 is 0 Å². The minimum Gasteiger partial charge on any atom is -0.304 e. The molecule has 9 heavy (non-hydrogen) atoms. The molecule has 0 aliphatic heterocycles. The van der Waals surface area contributed by atoms with Gasteiger partial charge >= 0.3 is 0 Å². The van der Waals surface area contributed by atoms with E-state index in [9.17, 15) is 0 Å². The van der Waals surface area contributed by atoms with Gasteiger partial charge in [0.2, 0.25) is 0 Å².